The van der Waals surface area contributed by atoms with Crippen LogP contribution in [-0.4, -0.2) is 183 Å². The van der Waals surface area contributed by atoms with E-state index in [0.717, 1.165) is 13.0 Å². The largest absolute Gasteiger partial charge is 0.460 e. The van der Waals surface area contributed by atoms with Crippen molar-refractivity contribution in [1.82, 2.24) is 0 Å². The lowest BCUT2D eigenvalue weighted by molar-refractivity contribution is -0.156. The smallest absolute Gasteiger partial charge is 0.308 e. The zero-order chi connectivity index (χ0) is 42.1. The van der Waals surface area contributed by atoms with Crippen LogP contribution >= 0.6 is 0 Å². The lowest BCUT2D eigenvalue weighted by Crippen LogP contribution is -2.24. The first-order valence-corrected chi connectivity index (χ1v) is 22.2. The van der Waals surface area contributed by atoms with E-state index >= 15 is 0 Å². The molecule has 0 N–H and O–H groups in total. The molecule has 0 aliphatic heterocycles. The number of unbranched alkanes of at least 4 members (excludes halogenated alkanes) is 9. The van der Waals surface area contributed by atoms with E-state index < -0.39 is 5.60 Å². The molecule has 0 fully saturated rings. The van der Waals surface area contributed by atoms with Crippen LogP contribution in [0.2, 0.25) is 0 Å². The predicted molar refractivity (Wildman–Crippen MR) is 223 cm³/mol. The van der Waals surface area contributed by atoms with Crippen LogP contribution in [0.1, 0.15) is 98.3 Å². The molecule has 348 valence electrons. The second-order valence-corrected chi connectivity index (χ2v) is 14.5. The quantitative estimate of drug-likeness (QED) is 0.0533. The van der Waals surface area contributed by atoms with Crippen molar-refractivity contribution < 1.29 is 71.1 Å². The Balaban J connectivity index is 3.09. The van der Waals surface area contributed by atoms with Crippen molar-refractivity contribution in [3.05, 3.63) is 0 Å². The van der Waals surface area contributed by atoms with Gasteiger partial charge in [-0.05, 0) is 27.2 Å². The van der Waals surface area contributed by atoms with Crippen LogP contribution in [0.3, 0.4) is 0 Å². The average Bonchev–Trinajstić information content (AvgIpc) is 3.19. The summed E-state index contributed by atoms with van der Waals surface area (Å²) >= 11 is 0. The molecule has 0 aliphatic rings. The van der Waals surface area contributed by atoms with Crippen molar-refractivity contribution in [3.63, 3.8) is 0 Å². The van der Waals surface area contributed by atoms with Crippen LogP contribution in [-0.2, 0) is 71.1 Å². The SMILES string of the molecule is CCCCCCCCCCCCOCCOCCOCCOCCOCCOCCOCCOCCOCCOCCOCCOCCOCCC(=O)OC(C)(C)C. The van der Waals surface area contributed by atoms with E-state index in [1.54, 1.807) is 0 Å². The maximum absolute atomic E-state index is 11.6. The standard InChI is InChI=1S/C43H86O15/c1-5-6-7-8-9-10-11-12-13-14-16-45-18-20-47-22-24-49-26-28-51-30-32-53-34-36-55-38-40-57-41-39-56-37-35-54-33-31-52-29-27-50-25-23-48-21-19-46-17-15-42(44)58-43(2,3)4/h5-41H2,1-4H3. The predicted octanol–water partition coefficient (Wildman–Crippen LogP) is 5.85. The number of hydrogen-bond acceptors (Lipinski definition) is 15. The Labute approximate surface area is 352 Å². The van der Waals surface area contributed by atoms with Gasteiger partial charge in [0.05, 0.1) is 172 Å². The zero-order valence-electron chi connectivity index (χ0n) is 37.3. The lowest BCUT2D eigenvalue weighted by atomic mass is 10.1. The molecule has 0 bridgehead atoms. The minimum Gasteiger partial charge on any atom is -0.460 e. The highest BCUT2D eigenvalue weighted by molar-refractivity contribution is 5.69. The molecule has 15 nitrogen and oxygen atoms in total. The second kappa shape index (κ2) is 48.6. The van der Waals surface area contributed by atoms with Gasteiger partial charge in [0.2, 0.25) is 0 Å². The highest BCUT2D eigenvalue weighted by atomic mass is 16.6. The van der Waals surface area contributed by atoms with Crippen LogP contribution in [0, 0.1) is 0 Å². The van der Waals surface area contributed by atoms with E-state index in [1.807, 2.05) is 20.8 Å². The zero-order valence-corrected chi connectivity index (χ0v) is 37.3. The molecule has 0 rings (SSSR count). The van der Waals surface area contributed by atoms with Crippen LogP contribution in [0.4, 0.5) is 0 Å². The topological polar surface area (TPSA) is 146 Å². The molecular formula is C43H86O15. The van der Waals surface area contributed by atoms with Crippen LogP contribution in [0.5, 0.6) is 0 Å². The van der Waals surface area contributed by atoms with Crippen molar-refractivity contribution in [3.8, 4) is 0 Å². The molecule has 0 heterocycles. The molecule has 15 heteroatoms. The van der Waals surface area contributed by atoms with Crippen LogP contribution in [0.15, 0.2) is 0 Å². The van der Waals surface area contributed by atoms with E-state index in [-0.39, 0.29) is 12.4 Å². The summed E-state index contributed by atoms with van der Waals surface area (Å²) in [6, 6.07) is 0. The van der Waals surface area contributed by atoms with Crippen molar-refractivity contribution in [2.75, 3.05) is 172 Å². The molecule has 0 aromatic heterocycles. The van der Waals surface area contributed by atoms with Gasteiger partial charge in [0.1, 0.15) is 5.60 Å². The van der Waals surface area contributed by atoms with Crippen LogP contribution < -0.4 is 0 Å². The fraction of sp³-hybridized carbons (Fsp3) is 0.977. The Morgan fingerprint density at radius 1 is 0.293 bits per heavy atom. The Morgan fingerprint density at radius 3 is 0.741 bits per heavy atom. The van der Waals surface area contributed by atoms with Gasteiger partial charge in [-0.15, -0.1) is 0 Å². The van der Waals surface area contributed by atoms with Crippen molar-refractivity contribution in [1.29, 1.82) is 0 Å². The molecule has 0 amide bonds. The van der Waals surface area contributed by atoms with Gasteiger partial charge in [-0.2, -0.15) is 0 Å². The van der Waals surface area contributed by atoms with E-state index in [9.17, 15) is 4.79 Å². The Kier molecular flexibility index (Phi) is 47.7. The number of ether oxygens (including phenoxy) is 14. The highest BCUT2D eigenvalue weighted by Gasteiger charge is 2.15. The first kappa shape index (κ1) is 57.0. The van der Waals surface area contributed by atoms with Gasteiger partial charge in [-0.1, -0.05) is 64.7 Å². The Morgan fingerprint density at radius 2 is 0.500 bits per heavy atom. The van der Waals surface area contributed by atoms with Gasteiger partial charge in [-0.25, -0.2) is 0 Å². The van der Waals surface area contributed by atoms with Crippen molar-refractivity contribution in [2.24, 2.45) is 0 Å². The normalized spacial score (nSPS) is 11.9. The number of esters is 1. The molecule has 0 aromatic carbocycles. The third-order valence-corrected chi connectivity index (χ3v) is 7.98. The monoisotopic (exact) mass is 843 g/mol. The Hall–Kier alpha value is -1.05. The maximum Gasteiger partial charge on any atom is 0.308 e. The molecule has 0 spiro atoms. The van der Waals surface area contributed by atoms with Gasteiger partial charge in [-0.3, -0.25) is 4.79 Å². The third kappa shape index (κ3) is 53.0. The van der Waals surface area contributed by atoms with E-state index in [4.69, 9.17) is 66.3 Å². The first-order valence-electron chi connectivity index (χ1n) is 22.2. The van der Waals surface area contributed by atoms with Gasteiger partial charge in [0.25, 0.3) is 0 Å². The molecule has 0 unspecified atom stereocenters. The second-order valence-electron chi connectivity index (χ2n) is 14.5. The van der Waals surface area contributed by atoms with E-state index in [1.165, 1.54) is 57.8 Å². The van der Waals surface area contributed by atoms with Gasteiger partial charge in [0.15, 0.2) is 0 Å². The van der Waals surface area contributed by atoms with E-state index in [2.05, 4.69) is 6.92 Å². The lowest BCUT2D eigenvalue weighted by Gasteiger charge is -2.19. The summed E-state index contributed by atoms with van der Waals surface area (Å²) in [5, 5.41) is 0. The molecule has 0 radical (unpaired) electrons. The Bertz CT molecular complexity index is 787. The van der Waals surface area contributed by atoms with Crippen LogP contribution in [0.25, 0.3) is 0 Å². The van der Waals surface area contributed by atoms with Gasteiger partial charge < -0.3 is 66.3 Å². The van der Waals surface area contributed by atoms with Crippen molar-refractivity contribution in [2.45, 2.75) is 104 Å². The summed E-state index contributed by atoms with van der Waals surface area (Å²) in [7, 11) is 0. The third-order valence-electron chi connectivity index (χ3n) is 7.98. The summed E-state index contributed by atoms with van der Waals surface area (Å²) in [6.45, 7) is 21.2. The minimum atomic E-state index is -0.475. The summed E-state index contributed by atoms with van der Waals surface area (Å²) in [5.41, 5.74) is -0.475. The number of rotatable bonds is 50. The van der Waals surface area contributed by atoms with E-state index in [0.29, 0.717) is 165 Å². The summed E-state index contributed by atoms with van der Waals surface area (Å²) in [6.07, 6.45) is 13.6. The number of carbonyl (C=O) groups excluding carboxylic acids is 1. The molecular weight excluding hydrogens is 756 g/mol. The average molecular weight is 843 g/mol. The summed E-state index contributed by atoms with van der Waals surface area (Å²) in [5.74, 6) is -0.264. The minimum absolute atomic E-state index is 0.231. The fourth-order valence-corrected chi connectivity index (χ4v) is 4.98. The molecule has 58 heavy (non-hydrogen) atoms. The fourth-order valence-electron chi connectivity index (χ4n) is 4.98. The maximum atomic E-state index is 11.6. The molecule has 0 saturated heterocycles. The summed E-state index contributed by atoms with van der Waals surface area (Å²) < 4.78 is 76.8. The molecule has 0 saturated carbocycles. The molecule has 0 aromatic rings. The number of carbonyl (C=O) groups is 1. The highest BCUT2D eigenvalue weighted by Crippen LogP contribution is 2.10. The van der Waals surface area contributed by atoms with Gasteiger partial charge in [0, 0.05) is 6.61 Å². The molecule has 0 atom stereocenters. The summed E-state index contributed by atoms with van der Waals surface area (Å²) in [4.78, 5) is 11.6. The first-order chi connectivity index (χ1) is 28.5. The van der Waals surface area contributed by atoms with Crippen molar-refractivity contribution >= 4 is 5.97 Å². The number of hydrogen-bond donors (Lipinski definition) is 0. The molecule has 0 aliphatic carbocycles. The van der Waals surface area contributed by atoms with Gasteiger partial charge >= 0.3 is 5.97 Å².